The number of carbonyl (C=O) groups excluding carboxylic acids is 2. The van der Waals surface area contributed by atoms with Crippen LogP contribution in [0.3, 0.4) is 0 Å². The highest BCUT2D eigenvalue weighted by Crippen LogP contribution is 2.34. The van der Waals surface area contributed by atoms with Gasteiger partial charge in [-0.15, -0.1) is 0 Å². The van der Waals surface area contributed by atoms with E-state index in [2.05, 4.69) is 5.32 Å². The normalized spacial score (nSPS) is 12.0. The van der Waals surface area contributed by atoms with Gasteiger partial charge in [0, 0.05) is 24.5 Å². The van der Waals surface area contributed by atoms with Crippen molar-refractivity contribution in [3.63, 3.8) is 0 Å². The molecule has 2 amide bonds. The van der Waals surface area contributed by atoms with Gasteiger partial charge in [0.1, 0.15) is 12.6 Å². The minimum Gasteiger partial charge on any atom is -0.355 e. The van der Waals surface area contributed by atoms with E-state index in [-0.39, 0.29) is 34.6 Å². The molecule has 0 heterocycles. The van der Waals surface area contributed by atoms with Crippen molar-refractivity contribution in [3.05, 3.63) is 99.0 Å². The van der Waals surface area contributed by atoms with Gasteiger partial charge in [-0.1, -0.05) is 83.3 Å². The summed E-state index contributed by atoms with van der Waals surface area (Å²) in [5, 5.41) is 3.41. The highest BCUT2D eigenvalue weighted by Gasteiger charge is 2.33. The van der Waals surface area contributed by atoms with Gasteiger partial charge >= 0.3 is 0 Å². The minimum atomic E-state index is -3.96. The Morgan fingerprint density at radius 3 is 2.21 bits per heavy atom. The number of carbonyl (C=O) groups is 2. The van der Waals surface area contributed by atoms with Crippen molar-refractivity contribution < 1.29 is 18.0 Å². The molecule has 1 atom stereocenters. The maximum atomic E-state index is 13.9. The van der Waals surface area contributed by atoms with Crippen molar-refractivity contribution in [2.75, 3.05) is 23.7 Å². The number of sulfonamides is 1. The van der Waals surface area contributed by atoms with Crippen LogP contribution in [-0.2, 0) is 32.6 Å². The molecule has 0 aliphatic carbocycles. The van der Waals surface area contributed by atoms with Gasteiger partial charge in [-0.05, 0) is 42.3 Å². The highest BCUT2D eigenvalue weighted by atomic mass is 35.5. The number of anilines is 1. The van der Waals surface area contributed by atoms with E-state index in [1.807, 2.05) is 30.3 Å². The predicted octanol–water partition coefficient (Wildman–Crippen LogP) is 5.19. The molecule has 0 saturated heterocycles. The lowest BCUT2D eigenvalue weighted by molar-refractivity contribution is -0.140. The molecule has 0 bridgehead atoms. The fourth-order valence-electron chi connectivity index (χ4n) is 3.96. The first-order chi connectivity index (χ1) is 18.0. The van der Waals surface area contributed by atoms with Crippen LogP contribution in [0.15, 0.2) is 72.8 Å². The van der Waals surface area contributed by atoms with E-state index < -0.39 is 28.5 Å². The maximum absolute atomic E-state index is 13.9. The van der Waals surface area contributed by atoms with Gasteiger partial charge in [-0.25, -0.2) is 8.42 Å². The lowest BCUT2D eigenvalue weighted by Gasteiger charge is -2.33. The first-order valence-corrected chi connectivity index (χ1v) is 14.8. The Kier molecular flexibility index (Phi) is 10.4. The van der Waals surface area contributed by atoms with E-state index in [1.54, 1.807) is 37.3 Å². The zero-order valence-corrected chi connectivity index (χ0v) is 24.0. The molecule has 3 aromatic carbocycles. The van der Waals surface area contributed by atoms with E-state index in [1.165, 1.54) is 17.0 Å². The van der Waals surface area contributed by atoms with Gasteiger partial charge in [0.05, 0.1) is 22.0 Å². The third-order valence-electron chi connectivity index (χ3n) is 5.74. The number of halogens is 3. The van der Waals surface area contributed by atoms with Crippen LogP contribution in [0.2, 0.25) is 15.1 Å². The molecule has 0 aromatic heterocycles. The fourth-order valence-corrected chi connectivity index (χ4v) is 5.47. The van der Waals surface area contributed by atoms with E-state index in [0.717, 1.165) is 16.1 Å². The standard InChI is InChI=1S/C27H28Cl3N3O4S/c1-3-31-27(35)24(16-19-9-5-4-6-10-19)32(17-20-11-7-12-21(28)15-20)25(34)18-33(38(2,36)37)23-14-8-13-22(29)26(23)30/h4-15,24H,3,16-18H2,1-2H3,(H,31,35)/t24-/m1/s1. The highest BCUT2D eigenvalue weighted by molar-refractivity contribution is 7.92. The Morgan fingerprint density at radius 2 is 1.58 bits per heavy atom. The second kappa shape index (κ2) is 13.3. The Bertz CT molecular complexity index is 1390. The second-order valence-corrected chi connectivity index (χ2v) is 11.7. The minimum absolute atomic E-state index is 0.00153. The summed E-state index contributed by atoms with van der Waals surface area (Å²) in [6.07, 6.45) is 1.19. The van der Waals surface area contributed by atoms with Crippen molar-refractivity contribution in [1.29, 1.82) is 0 Å². The van der Waals surface area contributed by atoms with E-state index in [0.29, 0.717) is 17.1 Å². The second-order valence-electron chi connectivity index (χ2n) is 8.59. The summed E-state index contributed by atoms with van der Waals surface area (Å²) in [6.45, 7) is 1.57. The van der Waals surface area contributed by atoms with Gasteiger partial charge in [0.15, 0.2) is 0 Å². The molecular weight excluding hydrogens is 569 g/mol. The molecule has 0 fully saturated rings. The van der Waals surface area contributed by atoms with Crippen molar-refractivity contribution in [3.8, 4) is 0 Å². The summed E-state index contributed by atoms with van der Waals surface area (Å²) in [4.78, 5) is 28.6. The lowest BCUT2D eigenvalue weighted by Crippen LogP contribution is -2.53. The predicted molar refractivity (Wildman–Crippen MR) is 153 cm³/mol. The summed E-state index contributed by atoms with van der Waals surface area (Å²) >= 11 is 18.6. The molecule has 0 radical (unpaired) electrons. The third kappa shape index (κ3) is 7.86. The molecule has 0 saturated carbocycles. The topological polar surface area (TPSA) is 86.8 Å². The first-order valence-electron chi connectivity index (χ1n) is 11.8. The summed E-state index contributed by atoms with van der Waals surface area (Å²) in [6, 6.07) is 19.8. The number of nitrogens with zero attached hydrogens (tertiary/aromatic N) is 2. The Morgan fingerprint density at radius 1 is 0.921 bits per heavy atom. The molecule has 38 heavy (non-hydrogen) atoms. The smallest absolute Gasteiger partial charge is 0.244 e. The van der Waals surface area contributed by atoms with Gasteiger partial charge in [0.25, 0.3) is 0 Å². The summed E-state index contributed by atoms with van der Waals surface area (Å²) in [5.74, 6) is -0.961. The molecule has 0 aliphatic heterocycles. The zero-order valence-electron chi connectivity index (χ0n) is 20.9. The Hall–Kier alpha value is -2.78. The molecule has 0 unspecified atom stereocenters. The molecular formula is C27H28Cl3N3O4S. The monoisotopic (exact) mass is 595 g/mol. The van der Waals surface area contributed by atoms with Crippen LogP contribution in [-0.4, -0.2) is 50.5 Å². The van der Waals surface area contributed by atoms with Crippen LogP contribution < -0.4 is 9.62 Å². The van der Waals surface area contributed by atoms with Gasteiger partial charge in [-0.3, -0.25) is 13.9 Å². The average molecular weight is 597 g/mol. The molecule has 3 rings (SSSR count). The molecule has 202 valence electrons. The lowest BCUT2D eigenvalue weighted by atomic mass is 10.0. The van der Waals surface area contributed by atoms with E-state index in [9.17, 15) is 18.0 Å². The molecule has 0 spiro atoms. The SMILES string of the molecule is CCNC(=O)[C@@H](Cc1ccccc1)N(Cc1cccc(Cl)c1)C(=O)CN(c1cccc(Cl)c1Cl)S(C)(=O)=O. The Labute approximate surface area is 238 Å². The van der Waals surface area contributed by atoms with Crippen molar-refractivity contribution in [1.82, 2.24) is 10.2 Å². The van der Waals surface area contributed by atoms with Crippen LogP contribution in [0.5, 0.6) is 0 Å². The summed E-state index contributed by atoms with van der Waals surface area (Å²) in [5.41, 5.74) is 1.58. The first kappa shape index (κ1) is 29.8. The van der Waals surface area contributed by atoms with Crippen molar-refractivity contribution in [2.24, 2.45) is 0 Å². The van der Waals surface area contributed by atoms with Crippen molar-refractivity contribution in [2.45, 2.75) is 25.9 Å². The van der Waals surface area contributed by atoms with Crippen LogP contribution in [0.4, 0.5) is 5.69 Å². The van der Waals surface area contributed by atoms with Gasteiger partial charge in [-0.2, -0.15) is 0 Å². The van der Waals surface area contributed by atoms with E-state index >= 15 is 0 Å². The molecule has 7 nitrogen and oxygen atoms in total. The Balaban J connectivity index is 2.07. The number of nitrogens with one attached hydrogen (secondary N) is 1. The summed E-state index contributed by atoms with van der Waals surface area (Å²) in [7, 11) is -3.96. The number of amides is 2. The van der Waals surface area contributed by atoms with Crippen LogP contribution in [0, 0.1) is 0 Å². The van der Waals surface area contributed by atoms with Crippen LogP contribution in [0.25, 0.3) is 0 Å². The van der Waals surface area contributed by atoms with E-state index in [4.69, 9.17) is 34.8 Å². The molecule has 1 N–H and O–H groups in total. The fraction of sp³-hybridized carbons (Fsp3) is 0.259. The number of likely N-dealkylation sites (N-methyl/N-ethyl adjacent to an activating group) is 1. The van der Waals surface area contributed by atoms with Gasteiger partial charge < -0.3 is 10.2 Å². The third-order valence-corrected chi connectivity index (χ3v) is 7.91. The van der Waals surface area contributed by atoms with Crippen LogP contribution in [0.1, 0.15) is 18.1 Å². The largest absolute Gasteiger partial charge is 0.355 e. The number of hydrogen-bond acceptors (Lipinski definition) is 4. The quantitative estimate of drug-likeness (QED) is 0.330. The number of rotatable bonds is 11. The zero-order chi connectivity index (χ0) is 27.9. The van der Waals surface area contributed by atoms with Gasteiger partial charge in [0.2, 0.25) is 21.8 Å². The molecule has 11 heteroatoms. The van der Waals surface area contributed by atoms with Crippen molar-refractivity contribution >= 4 is 62.3 Å². The number of benzene rings is 3. The average Bonchev–Trinajstić information content (AvgIpc) is 2.86. The number of hydrogen-bond donors (Lipinski definition) is 1. The maximum Gasteiger partial charge on any atom is 0.244 e. The molecule has 0 aliphatic rings. The molecule has 3 aromatic rings. The van der Waals surface area contributed by atoms with Crippen LogP contribution >= 0.6 is 34.8 Å². The summed E-state index contributed by atoms with van der Waals surface area (Å²) < 4.78 is 26.5.